The Bertz CT molecular complexity index is 793. The molecular weight excluding hydrogens is 346 g/mol. The molecule has 8 heteroatoms. The molecule has 1 atom stereocenters. The lowest BCUT2D eigenvalue weighted by Gasteiger charge is -2.56. The molecule has 0 radical (unpaired) electrons. The molecule has 1 aromatic rings. The molecule has 0 aromatic carbocycles. The van der Waals surface area contributed by atoms with Gasteiger partial charge in [0.15, 0.2) is 0 Å². The van der Waals surface area contributed by atoms with Gasteiger partial charge in [-0.25, -0.2) is 0 Å². The van der Waals surface area contributed by atoms with Crippen LogP contribution in [0.4, 0.5) is 0 Å². The van der Waals surface area contributed by atoms with Crippen molar-refractivity contribution >= 4 is 17.7 Å². The molecule has 3 amide bonds. The summed E-state index contributed by atoms with van der Waals surface area (Å²) >= 11 is 0. The van der Waals surface area contributed by atoms with E-state index in [9.17, 15) is 14.4 Å². The highest BCUT2D eigenvalue weighted by molar-refractivity contribution is 5.96. The second kappa shape index (κ2) is 6.07. The number of hydrogen-bond acceptors (Lipinski definition) is 4. The molecule has 3 aliphatic rings. The Labute approximate surface area is 158 Å². The van der Waals surface area contributed by atoms with Crippen LogP contribution < -0.4 is 5.32 Å². The highest BCUT2D eigenvalue weighted by atomic mass is 16.2. The fourth-order valence-electron chi connectivity index (χ4n) is 4.77. The number of piperazine rings is 1. The van der Waals surface area contributed by atoms with E-state index in [1.807, 2.05) is 23.6 Å². The molecule has 1 N–H and O–H groups in total. The summed E-state index contributed by atoms with van der Waals surface area (Å²) in [6.07, 6.45) is 5.51. The van der Waals surface area contributed by atoms with E-state index in [2.05, 4.69) is 10.4 Å². The lowest BCUT2D eigenvalue weighted by atomic mass is 9.73. The minimum atomic E-state index is -0.813. The van der Waals surface area contributed by atoms with E-state index in [4.69, 9.17) is 0 Å². The van der Waals surface area contributed by atoms with Crippen molar-refractivity contribution in [3.05, 3.63) is 17.5 Å². The minimum Gasteiger partial charge on any atom is -0.342 e. The molecule has 1 aliphatic carbocycles. The van der Waals surface area contributed by atoms with Gasteiger partial charge in [0.1, 0.15) is 11.2 Å². The summed E-state index contributed by atoms with van der Waals surface area (Å²) in [5, 5.41) is 7.04. The van der Waals surface area contributed by atoms with Gasteiger partial charge in [-0.05, 0) is 45.1 Å². The molecule has 2 aliphatic heterocycles. The molecule has 146 valence electrons. The van der Waals surface area contributed by atoms with Crippen LogP contribution in [0, 0.1) is 6.92 Å². The van der Waals surface area contributed by atoms with Gasteiger partial charge < -0.3 is 15.1 Å². The van der Waals surface area contributed by atoms with Gasteiger partial charge in [0.2, 0.25) is 11.8 Å². The van der Waals surface area contributed by atoms with Crippen molar-refractivity contribution in [2.75, 3.05) is 19.6 Å². The zero-order valence-electron chi connectivity index (χ0n) is 16.2. The van der Waals surface area contributed by atoms with Gasteiger partial charge >= 0.3 is 0 Å². The van der Waals surface area contributed by atoms with Crippen LogP contribution in [-0.2, 0) is 16.6 Å². The number of nitrogens with one attached hydrogen (secondary N) is 1. The molecule has 3 fully saturated rings. The number of amides is 3. The Hall–Kier alpha value is -2.38. The molecule has 0 unspecified atom stereocenters. The second-order valence-corrected chi connectivity index (χ2v) is 8.44. The quantitative estimate of drug-likeness (QED) is 0.823. The predicted octanol–water partition coefficient (Wildman–Crippen LogP) is 0.604. The van der Waals surface area contributed by atoms with Crippen molar-refractivity contribution < 1.29 is 14.4 Å². The molecule has 27 heavy (non-hydrogen) atoms. The number of hydrogen-bond donors (Lipinski definition) is 1. The second-order valence-electron chi connectivity index (χ2n) is 8.44. The van der Waals surface area contributed by atoms with Crippen LogP contribution in [0.15, 0.2) is 6.20 Å². The molecule has 2 saturated heterocycles. The van der Waals surface area contributed by atoms with E-state index < -0.39 is 5.54 Å². The molecule has 0 bridgehead atoms. The van der Waals surface area contributed by atoms with Crippen molar-refractivity contribution in [3.63, 3.8) is 0 Å². The maximum Gasteiger partial charge on any atom is 0.272 e. The van der Waals surface area contributed by atoms with Crippen LogP contribution in [0.3, 0.4) is 0 Å². The first kappa shape index (κ1) is 18.0. The van der Waals surface area contributed by atoms with E-state index in [-0.39, 0.29) is 23.3 Å². The van der Waals surface area contributed by atoms with Gasteiger partial charge in [0, 0.05) is 33.1 Å². The summed E-state index contributed by atoms with van der Waals surface area (Å²) in [7, 11) is 1.79. The smallest absolute Gasteiger partial charge is 0.272 e. The average Bonchev–Trinajstić information content (AvgIpc) is 3.13. The van der Waals surface area contributed by atoms with Gasteiger partial charge in [0.05, 0.1) is 11.7 Å². The van der Waals surface area contributed by atoms with E-state index in [1.54, 1.807) is 17.9 Å². The number of rotatable bonds is 2. The summed E-state index contributed by atoms with van der Waals surface area (Å²) in [5.74, 6) is -0.0900. The highest BCUT2D eigenvalue weighted by Crippen LogP contribution is 2.42. The van der Waals surface area contributed by atoms with Crippen LogP contribution in [0.25, 0.3) is 0 Å². The van der Waals surface area contributed by atoms with Crippen molar-refractivity contribution in [3.8, 4) is 0 Å². The summed E-state index contributed by atoms with van der Waals surface area (Å²) in [6.45, 7) is 5.26. The first-order valence-electron chi connectivity index (χ1n) is 9.67. The summed E-state index contributed by atoms with van der Waals surface area (Å²) < 4.78 is 1.64. The van der Waals surface area contributed by atoms with Crippen LogP contribution in [0.2, 0.25) is 0 Å². The number of aryl methyl sites for hydroxylation is 2. The maximum atomic E-state index is 13.3. The number of aromatic nitrogens is 2. The fraction of sp³-hybridized carbons (Fsp3) is 0.684. The standard InChI is InChI=1S/C19H27N5O3/c1-13-11-20-22(3)15(13)16(26)24-10-9-23(12-19(24)6-4-7-19)17(27)18(2)8-5-14(25)21-18/h11H,4-10,12H2,1-3H3,(H,21,25)/t18-/m0/s1. The normalized spacial score (nSPS) is 26.9. The summed E-state index contributed by atoms with van der Waals surface area (Å²) in [4.78, 5) is 41.8. The lowest BCUT2D eigenvalue weighted by molar-refractivity contribution is -0.145. The average molecular weight is 373 g/mol. The minimum absolute atomic E-state index is 0.000296. The fourth-order valence-corrected chi connectivity index (χ4v) is 4.77. The van der Waals surface area contributed by atoms with E-state index in [0.29, 0.717) is 38.2 Å². The predicted molar refractivity (Wildman–Crippen MR) is 97.9 cm³/mol. The molecular formula is C19H27N5O3. The van der Waals surface area contributed by atoms with Crippen LogP contribution in [0.5, 0.6) is 0 Å². The van der Waals surface area contributed by atoms with Crippen LogP contribution >= 0.6 is 0 Å². The molecule has 1 spiro atoms. The Morgan fingerprint density at radius 3 is 2.48 bits per heavy atom. The zero-order chi connectivity index (χ0) is 19.4. The van der Waals surface area contributed by atoms with Crippen molar-refractivity contribution in [1.82, 2.24) is 24.9 Å². The Morgan fingerprint density at radius 1 is 1.22 bits per heavy atom. The van der Waals surface area contributed by atoms with Gasteiger partial charge in [-0.15, -0.1) is 0 Å². The van der Waals surface area contributed by atoms with Crippen molar-refractivity contribution in [1.29, 1.82) is 0 Å². The zero-order valence-corrected chi connectivity index (χ0v) is 16.2. The van der Waals surface area contributed by atoms with Crippen molar-refractivity contribution in [2.24, 2.45) is 7.05 Å². The Balaban J connectivity index is 1.55. The van der Waals surface area contributed by atoms with Crippen LogP contribution in [0.1, 0.15) is 55.1 Å². The van der Waals surface area contributed by atoms with Gasteiger partial charge in [-0.1, -0.05) is 0 Å². The third-order valence-corrected chi connectivity index (χ3v) is 6.53. The van der Waals surface area contributed by atoms with Crippen LogP contribution in [-0.4, -0.2) is 68.0 Å². The third-order valence-electron chi connectivity index (χ3n) is 6.53. The maximum absolute atomic E-state index is 13.3. The molecule has 3 heterocycles. The lowest BCUT2D eigenvalue weighted by Crippen LogP contribution is -2.70. The molecule has 1 aromatic heterocycles. The Kier molecular flexibility index (Phi) is 4.05. The van der Waals surface area contributed by atoms with Crippen molar-refractivity contribution in [2.45, 2.75) is 57.0 Å². The van der Waals surface area contributed by atoms with Gasteiger partial charge in [-0.3, -0.25) is 19.1 Å². The highest BCUT2D eigenvalue weighted by Gasteiger charge is 2.52. The largest absolute Gasteiger partial charge is 0.342 e. The van der Waals surface area contributed by atoms with E-state index >= 15 is 0 Å². The topological polar surface area (TPSA) is 87.5 Å². The summed E-state index contributed by atoms with van der Waals surface area (Å²) in [6, 6.07) is 0. The first-order chi connectivity index (χ1) is 12.8. The van der Waals surface area contributed by atoms with Gasteiger partial charge in [0.25, 0.3) is 5.91 Å². The SMILES string of the molecule is Cc1cnn(C)c1C(=O)N1CCN(C(=O)[C@]2(C)CCC(=O)N2)CC12CCC2. The Morgan fingerprint density at radius 2 is 1.96 bits per heavy atom. The molecule has 1 saturated carbocycles. The molecule has 8 nitrogen and oxygen atoms in total. The number of carbonyl (C=O) groups excluding carboxylic acids is 3. The van der Waals surface area contributed by atoms with Gasteiger partial charge in [-0.2, -0.15) is 5.10 Å². The molecule has 4 rings (SSSR count). The van der Waals surface area contributed by atoms with E-state index in [0.717, 1.165) is 24.8 Å². The number of nitrogens with zero attached hydrogens (tertiary/aromatic N) is 4. The third kappa shape index (κ3) is 2.73. The summed E-state index contributed by atoms with van der Waals surface area (Å²) in [5.41, 5.74) is 0.390. The van der Waals surface area contributed by atoms with E-state index in [1.165, 1.54) is 0 Å². The monoisotopic (exact) mass is 373 g/mol. The first-order valence-corrected chi connectivity index (χ1v) is 9.67. The number of carbonyl (C=O) groups is 3.